The second-order valence-corrected chi connectivity index (χ2v) is 8.43. The minimum atomic E-state index is -3.65. The van der Waals surface area contributed by atoms with Crippen molar-refractivity contribution in [2.45, 2.75) is 24.2 Å². The van der Waals surface area contributed by atoms with Crippen molar-refractivity contribution in [1.29, 1.82) is 0 Å². The molecule has 2 aromatic rings. The molecule has 1 fully saturated rings. The molecule has 0 spiro atoms. The number of halogens is 1. The van der Waals surface area contributed by atoms with Gasteiger partial charge in [0.25, 0.3) is 0 Å². The summed E-state index contributed by atoms with van der Waals surface area (Å²) in [4.78, 5) is 16.6. The number of nitrogens with one attached hydrogen (secondary N) is 1. The Bertz CT molecular complexity index is 865. The Morgan fingerprint density at radius 1 is 1.15 bits per heavy atom. The molecule has 3 rings (SSSR count). The van der Waals surface area contributed by atoms with Crippen LogP contribution in [0.3, 0.4) is 0 Å². The van der Waals surface area contributed by atoms with Gasteiger partial charge in [0.05, 0.1) is 4.90 Å². The summed E-state index contributed by atoms with van der Waals surface area (Å²) in [6, 6.07) is 10.5. The number of carbonyl (C=O) groups is 1. The molecule has 1 aliphatic heterocycles. The van der Waals surface area contributed by atoms with Crippen LogP contribution in [0.5, 0.6) is 0 Å². The van der Waals surface area contributed by atoms with Crippen molar-refractivity contribution >= 4 is 15.9 Å². The summed E-state index contributed by atoms with van der Waals surface area (Å²) in [5.41, 5.74) is 0.915. The van der Waals surface area contributed by atoms with E-state index in [1.807, 2.05) is 18.2 Å². The first-order chi connectivity index (χ1) is 13.0. The number of carbonyl (C=O) groups excluding carboxylic acids is 1. The van der Waals surface area contributed by atoms with Gasteiger partial charge in [0, 0.05) is 43.9 Å². The largest absolute Gasteiger partial charge is 0.355 e. The van der Waals surface area contributed by atoms with Crippen LogP contribution in [-0.2, 0) is 21.2 Å². The van der Waals surface area contributed by atoms with Crippen molar-refractivity contribution in [2.24, 2.45) is 5.92 Å². The highest BCUT2D eigenvalue weighted by Crippen LogP contribution is 2.24. The second-order valence-electron chi connectivity index (χ2n) is 6.49. The predicted octanol–water partition coefficient (Wildman–Crippen LogP) is 1.98. The summed E-state index contributed by atoms with van der Waals surface area (Å²) in [6.07, 6.45) is 3.31. The maximum absolute atomic E-state index is 13.0. The molecule has 1 amide bonds. The first-order valence-electron chi connectivity index (χ1n) is 8.90. The molecule has 27 heavy (non-hydrogen) atoms. The summed E-state index contributed by atoms with van der Waals surface area (Å²) >= 11 is 0. The fraction of sp³-hybridized carbons (Fsp3) is 0.368. The standard InChI is InChI=1S/C19H22FN3O3S/c20-16-4-6-18(7-5-16)27(25,26)23-13-9-15(10-14-23)19(24)22-12-8-17-3-1-2-11-21-17/h1-7,11,15H,8-10,12-14H2,(H,22,24). The molecule has 1 aliphatic rings. The van der Waals surface area contributed by atoms with Gasteiger partial charge >= 0.3 is 0 Å². The average molecular weight is 391 g/mol. The van der Waals surface area contributed by atoms with Gasteiger partial charge in [0.15, 0.2) is 0 Å². The Balaban J connectivity index is 1.49. The van der Waals surface area contributed by atoms with Crippen molar-refractivity contribution in [3.8, 4) is 0 Å². The number of aromatic nitrogens is 1. The highest BCUT2D eigenvalue weighted by molar-refractivity contribution is 7.89. The minimum absolute atomic E-state index is 0.0511. The Hall–Kier alpha value is -2.32. The fourth-order valence-electron chi connectivity index (χ4n) is 3.12. The SMILES string of the molecule is O=C(NCCc1ccccn1)C1CCN(S(=O)(=O)c2ccc(F)cc2)CC1. The fourth-order valence-corrected chi connectivity index (χ4v) is 4.59. The Morgan fingerprint density at radius 3 is 2.48 bits per heavy atom. The molecule has 0 bridgehead atoms. The Morgan fingerprint density at radius 2 is 1.85 bits per heavy atom. The number of piperidine rings is 1. The molecule has 0 unspecified atom stereocenters. The molecule has 1 N–H and O–H groups in total. The van der Waals surface area contributed by atoms with Crippen LogP contribution >= 0.6 is 0 Å². The van der Waals surface area contributed by atoms with Gasteiger partial charge in [-0.25, -0.2) is 12.8 Å². The van der Waals surface area contributed by atoms with Gasteiger partial charge in [0.1, 0.15) is 5.82 Å². The van der Waals surface area contributed by atoms with E-state index in [0.29, 0.717) is 25.8 Å². The first-order valence-corrected chi connectivity index (χ1v) is 10.3. The number of rotatable bonds is 6. The van der Waals surface area contributed by atoms with Gasteiger partial charge in [-0.15, -0.1) is 0 Å². The molecule has 8 heteroatoms. The molecule has 144 valence electrons. The van der Waals surface area contributed by atoms with Gasteiger partial charge in [-0.2, -0.15) is 4.31 Å². The minimum Gasteiger partial charge on any atom is -0.355 e. The van der Waals surface area contributed by atoms with Crippen molar-refractivity contribution in [3.63, 3.8) is 0 Å². The molecule has 2 heterocycles. The van der Waals surface area contributed by atoms with Gasteiger partial charge < -0.3 is 5.32 Å². The van der Waals surface area contributed by atoms with E-state index >= 15 is 0 Å². The molecule has 0 radical (unpaired) electrons. The third-order valence-electron chi connectivity index (χ3n) is 4.68. The van der Waals surface area contributed by atoms with Crippen LogP contribution in [0.15, 0.2) is 53.6 Å². The highest BCUT2D eigenvalue weighted by Gasteiger charge is 2.31. The molecule has 0 atom stereocenters. The topological polar surface area (TPSA) is 79.4 Å². The molecule has 0 saturated carbocycles. The van der Waals surface area contributed by atoms with Crippen molar-refractivity contribution in [2.75, 3.05) is 19.6 Å². The summed E-state index contributed by atoms with van der Waals surface area (Å²) in [7, 11) is -3.65. The molecule has 1 aromatic heterocycles. The number of hydrogen-bond acceptors (Lipinski definition) is 4. The van der Waals surface area contributed by atoms with E-state index in [-0.39, 0.29) is 29.8 Å². The van der Waals surface area contributed by atoms with Crippen molar-refractivity contribution < 1.29 is 17.6 Å². The maximum Gasteiger partial charge on any atom is 0.243 e. The van der Waals surface area contributed by atoms with E-state index in [9.17, 15) is 17.6 Å². The lowest BCUT2D eigenvalue weighted by atomic mass is 9.97. The third-order valence-corrected chi connectivity index (χ3v) is 6.60. The quantitative estimate of drug-likeness (QED) is 0.817. The molecule has 1 saturated heterocycles. The van der Waals surface area contributed by atoms with E-state index < -0.39 is 15.8 Å². The molecular formula is C19H22FN3O3S. The van der Waals surface area contributed by atoms with E-state index in [4.69, 9.17) is 0 Å². The zero-order valence-corrected chi connectivity index (χ0v) is 15.7. The van der Waals surface area contributed by atoms with Crippen LogP contribution in [0.25, 0.3) is 0 Å². The number of hydrogen-bond donors (Lipinski definition) is 1. The Labute approximate surface area is 158 Å². The number of pyridine rings is 1. The molecular weight excluding hydrogens is 369 g/mol. The van der Waals surface area contributed by atoms with Gasteiger partial charge in [0.2, 0.25) is 15.9 Å². The lowest BCUT2D eigenvalue weighted by Crippen LogP contribution is -2.43. The maximum atomic E-state index is 13.0. The van der Waals surface area contributed by atoms with Crippen LogP contribution in [-0.4, -0.2) is 43.2 Å². The zero-order chi connectivity index (χ0) is 19.3. The third kappa shape index (κ3) is 4.90. The summed E-state index contributed by atoms with van der Waals surface area (Å²) in [5.74, 6) is -0.729. The summed E-state index contributed by atoms with van der Waals surface area (Å²) in [5, 5.41) is 2.90. The lowest BCUT2D eigenvalue weighted by molar-refractivity contribution is -0.126. The van der Waals surface area contributed by atoms with Crippen LogP contribution < -0.4 is 5.32 Å². The smallest absolute Gasteiger partial charge is 0.243 e. The van der Waals surface area contributed by atoms with E-state index in [1.165, 1.54) is 16.4 Å². The van der Waals surface area contributed by atoms with Gasteiger partial charge in [-0.3, -0.25) is 9.78 Å². The van der Waals surface area contributed by atoms with E-state index in [2.05, 4.69) is 10.3 Å². The predicted molar refractivity (Wildman–Crippen MR) is 98.8 cm³/mol. The highest BCUT2D eigenvalue weighted by atomic mass is 32.2. The zero-order valence-electron chi connectivity index (χ0n) is 14.8. The Kier molecular flexibility index (Phi) is 6.18. The van der Waals surface area contributed by atoms with Crippen LogP contribution in [0.1, 0.15) is 18.5 Å². The average Bonchev–Trinajstić information content (AvgIpc) is 2.69. The van der Waals surface area contributed by atoms with E-state index in [0.717, 1.165) is 17.8 Å². The van der Waals surface area contributed by atoms with Crippen LogP contribution in [0, 0.1) is 11.7 Å². The number of nitrogens with zero attached hydrogens (tertiary/aromatic N) is 2. The first kappa shape index (κ1) is 19.4. The van der Waals surface area contributed by atoms with Crippen LogP contribution in [0.4, 0.5) is 4.39 Å². The number of benzene rings is 1. The summed E-state index contributed by atoms with van der Waals surface area (Å²) < 4.78 is 39.6. The normalized spacial score (nSPS) is 16.2. The van der Waals surface area contributed by atoms with Crippen LogP contribution in [0.2, 0.25) is 0 Å². The lowest BCUT2D eigenvalue weighted by Gasteiger charge is -2.30. The molecule has 0 aliphatic carbocycles. The monoisotopic (exact) mass is 391 g/mol. The summed E-state index contributed by atoms with van der Waals surface area (Å²) in [6.45, 7) is 1.06. The molecule has 1 aromatic carbocycles. The number of sulfonamides is 1. The van der Waals surface area contributed by atoms with Crippen molar-refractivity contribution in [3.05, 3.63) is 60.2 Å². The number of amides is 1. The molecule has 6 nitrogen and oxygen atoms in total. The van der Waals surface area contributed by atoms with Gasteiger partial charge in [-0.05, 0) is 49.2 Å². The van der Waals surface area contributed by atoms with Gasteiger partial charge in [-0.1, -0.05) is 6.07 Å². The second kappa shape index (κ2) is 8.58. The van der Waals surface area contributed by atoms with E-state index in [1.54, 1.807) is 6.20 Å². The van der Waals surface area contributed by atoms with Crippen molar-refractivity contribution in [1.82, 2.24) is 14.6 Å².